The molecule has 0 fully saturated rings. The number of allylic oxidation sites excluding steroid dienone is 2. The average Bonchev–Trinajstić information content (AvgIpc) is 3.08. The van der Waals surface area contributed by atoms with Gasteiger partial charge in [0.15, 0.2) is 0 Å². The highest BCUT2D eigenvalue weighted by molar-refractivity contribution is 9.10. The summed E-state index contributed by atoms with van der Waals surface area (Å²) in [6, 6.07) is 13.3. The first-order chi connectivity index (χ1) is 15.0. The summed E-state index contributed by atoms with van der Waals surface area (Å²) < 4.78 is 10.7. The molecular formula is C23H18BrN3O4. The number of rotatable bonds is 4. The molecule has 156 valence electrons. The lowest BCUT2D eigenvalue weighted by Gasteiger charge is -2.23. The van der Waals surface area contributed by atoms with Crippen LogP contribution >= 0.6 is 15.9 Å². The lowest BCUT2D eigenvalue weighted by molar-refractivity contribution is -0.139. The van der Waals surface area contributed by atoms with Crippen LogP contribution < -0.4 is 4.90 Å². The topological polar surface area (TPSA) is 84.5 Å². The van der Waals surface area contributed by atoms with Crippen molar-refractivity contribution >= 4 is 44.6 Å². The third-order valence-corrected chi connectivity index (χ3v) is 5.25. The summed E-state index contributed by atoms with van der Waals surface area (Å²) in [6.45, 7) is 0. The molecule has 1 N–H and O–H groups in total. The minimum absolute atomic E-state index is 0.0701. The zero-order chi connectivity index (χ0) is 22.0. The maximum Gasteiger partial charge on any atom is 0.355 e. The average molecular weight is 480 g/mol. The Hall–Kier alpha value is -3.65. The molecule has 2 aromatic carbocycles. The molecule has 4 rings (SSSR count). The molecular weight excluding hydrogens is 462 g/mol. The van der Waals surface area contributed by atoms with Crippen LogP contribution in [0.1, 0.15) is 0 Å². The molecule has 0 amide bonds. The molecule has 0 aliphatic carbocycles. The van der Waals surface area contributed by atoms with Gasteiger partial charge in [0.25, 0.3) is 0 Å². The van der Waals surface area contributed by atoms with Gasteiger partial charge in [0.2, 0.25) is 0 Å². The van der Waals surface area contributed by atoms with E-state index >= 15 is 0 Å². The summed E-state index contributed by atoms with van der Waals surface area (Å²) in [4.78, 5) is 34.3. The number of H-pyrrole nitrogens is 1. The number of esters is 2. The third kappa shape index (κ3) is 4.02. The van der Waals surface area contributed by atoms with Crippen molar-refractivity contribution in [2.24, 2.45) is 0 Å². The highest BCUT2D eigenvalue weighted by atomic mass is 79.9. The number of methoxy groups -OCH3 is 2. The Morgan fingerprint density at radius 2 is 1.74 bits per heavy atom. The number of imidazole rings is 1. The number of halogens is 1. The first-order valence-electron chi connectivity index (χ1n) is 9.32. The lowest BCUT2D eigenvalue weighted by atomic mass is 10.1. The normalized spacial score (nSPS) is 13.5. The van der Waals surface area contributed by atoms with Crippen LogP contribution in [0.5, 0.6) is 0 Å². The molecule has 1 aromatic heterocycles. The fraction of sp³-hybridized carbons (Fsp3) is 0.0870. The van der Waals surface area contributed by atoms with Gasteiger partial charge in [-0.25, -0.2) is 14.6 Å². The Bertz CT molecular complexity index is 1260. The fourth-order valence-corrected chi connectivity index (χ4v) is 3.63. The van der Waals surface area contributed by atoms with Crippen molar-refractivity contribution in [1.82, 2.24) is 9.97 Å². The van der Waals surface area contributed by atoms with Crippen molar-refractivity contribution in [2.75, 3.05) is 19.1 Å². The van der Waals surface area contributed by atoms with E-state index in [4.69, 9.17) is 9.47 Å². The Labute approximate surface area is 186 Å². The number of aromatic nitrogens is 2. The van der Waals surface area contributed by atoms with Crippen LogP contribution in [0.3, 0.4) is 0 Å². The molecule has 1 aliphatic heterocycles. The van der Waals surface area contributed by atoms with Crippen LogP contribution in [-0.2, 0) is 19.1 Å². The molecule has 1 aliphatic rings. The summed E-state index contributed by atoms with van der Waals surface area (Å²) in [6.07, 6.45) is 6.60. The van der Waals surface area contributed by atoms with Gasteiger partial charge in [-0.05, 0) is 54.6 Å². The number of benzene rings is 2. The smallest absolute Gasteiger partial charge is 0.355 e. The number of anilines is 1. The number of ether oxygens (including phenoxy) is 2. The van der Waals surface area contributed by atoms with Crippen molar-refractivity contribution in [1.29, 1.82) is 0 Å². The predicted molar refractivity (Wildman–Crippen MR) is 121 cm³/mol. The van der Waals surface area contributed by atoms with Gasteiger partial charge in [0, 0.05) is 21.9 Å². The quantitative estimate of drug-likeness (QED) is 0.555. The fourth-order valence-electron chi connectivity index (χ4n) is 3.26. The van der Waals surface area contributed by atoms with E-state index < -0.39 is 11.9 Å². The number of nitrogens with zero attached hydrogens (tertiary/aromatic N) is 2. The minimum atomic E-state index is -0.650. The van der Waals surface area contributed by atoms with Crippen molar-refractivity contribution in [3.63, 3.8) is 0 Å². The lowest BCUT2D eigenvalue weighted by Crippen LogP contribution is -2.26. The highest BCUT2D eigenvalue weighted by Crippen LogP contribution is 2.29. The number of hydrogen-bond donors (Lipinski definition) is 1. The van der Waals surface area contributed by atoms with E-state index in [1.165, 1.54) is 20.3 Å². The van der Waals surface area contributed by atoms with Gasteiger partial charge in [-0.2, -0.15) is 0 Å². The standard InChI is InChI=1S/C23H18BrN3O4/c1-30-22(28)17-5-3-4-12-27(20(17)23(29)31-2)16-9-6-14(7-10-16)21-25-18-11-8-15(24)13-19(18)26-21/h3-13H,1-2H3,(H,25,26). The van der Waals surface area contributed by atoms with Gasteiger partial charge >= 0.3 is 11.9 Å². The largest absolute Gasteiger partial charge is 0.465 e. The zero-order valence-electron chi connectivity index (χ0n) is 16.8. The van der Waals surface area contributed by atoms with E-state index in [1.54, 1.807) is 23.3 Å². The number of hydrogen-bond acceptors (Lipinski definition) is 6. The van der Waals surface area contributed by atoms with E-state index in [-0.39, 0.29) is 11.3 Å². The molecule has 0 bridgehead atoms. The molecule has 0 saturated heterocycles. The summed E-state index contributed by atoms with van der Waals surface area (Å²) in [5.41, 5.74) is 3.51. The highest BCUT2D eigenvalue weighted by Gasteiger charge is 2.27. The molecule has 2 heterocycles. The summed E-state index contributed by atoms with van der Waals surface area (Å²) in [7, 11) is 2.53. The summed E-state index contributed by atoms with van der Waals surface area (Å²) >= 11 is 3.46. The van der Waals surface area contributed by atoms with Gasteiger partial charge < -0.3 is 19.4 Å². The second-order valence-corrected chi connectivity index (χ2v) is 7.53. The number of carbonyl (C=O) groups excluding carboxylic acids is 2. The molecule has 0 spiro atoms. The van der Waals surface area contributed by atoms with Crippen LogP contribution in [-0.4, -0.2) is 36.1 Å². The molecule has 31 heavy (non-hydrogen) atoms. The number of carbonyl (C=O) groups is 2. The molecule has 0 radical (unpaired) electrons. The minimum Gasteiger partial charge on any atom is -0.465 e. The predicted octanol–water partition coefficient (Wildman–Crippen LogP) is 4.48. The number of fused-ring (bicyclic) bond motifs is 1. The maximum atomic E-state index is 12.5. The molecule has 0 unspecified atom stereocenters. The Kier molecular flexibility index (Phi) is 5.73. The molecule has 3 aromatic rings. The summed E-state index contributed by atoms with van der Waals surface area (Å²) in [5.74, 6) is -0.550. The Morgan fingerprint density at radius 3 is 2.45 bits per heavy atom. The van der Waals surface area contributed by atoms with E-state index in [9.17, 15) is 9.59 Å². The van der Waals surface area contributed by atoms with Crippen LogP contribution in [0.2, 0.25) is 0 Å². The van der Waals surface area contributed by atoms with Gasteiger partial charge in [0.05, 0.1) is 30.8 Å². The van der Waals surface area contributed by atoms with Gasteiger partial charge in [0.1, 0.15) is 11.5 Å². The number of nitrogens with one attached hydrogen (secondary N) is 1. The number of aromatic amines is 1. The van der Waals surface area contributed by atoms with E-state index in [0.29, 0.717) is 5.69 Å². The first-order valence-corrected chi connectivity index (χ1v) is 10.1. The van der Waals surface area contributed by atoms with Gasteiger partial charge in [-0.1, -0.05) is 22.0 Å². The van der Waals surface area contributed by atoms with E-state index in [2.05, 4.69) is 25.9 Å². The third-order valence-electron chi connectivity index (χ3n) is 4.75. The van der Waals surface area contributed by atoms with Gasteiger partial charge in [-0.3, -0.25) is 0 Å². The SMILES string of the molecule is COC(=O)C1=C(C(=O)OC)N(c2ccc(-c3nc4ccc(Br)cc4[nH]3)cc2)C=CC=C1. The van der Waals surface area contributed by atoms with E-state index in [0.717, 1.165) is 26.9 Å². The molecule has 0 saturated carbocycles. The van der Waals surface area contributed by atoms with Crippen molar-refractivity contribution in [3.05, 3.63) is 82.6 Å². The zero-order valence-corrected chi connectivity index (χ0v) is 18.3. The Morgan fingerprint density at radius 1 is 1.00 bits per heavy atom. The summed E-state index contributed by atoms with van der Waals surface area (Å²) in [5, 5.41) is 0. The molecule has 8 heteroatoms. The monoisotopic (exact) mass is 479 g/mol. The van der Waals surface area contributed by atoms with Crippen LogP contribution in [0.25, 0.3) is 22.4 Å². The van der Waals surface area contributed by atoms with Crippen molar-refractivity contribution in [3.8, 4) is 11.4 Å². The second kappa shape index (κ2) is 8.61. The second-order valence-electron chi connectivity index (χ2n) is 6.61. The van der Waals surface area contributed by atoms with Crippen LogP contribution in [0.4, 0.5) is 5.69 Å². The van der Waals surface area contributed by atoms with Gasteiger partial charge in [-0.15, -0.1) is 0 Å². The first kappa shape index (κ1) is 20.6. The maximum absolute atomic E-state index is 12.5. The van der Waals surface area contributed by atoms with Crippen LogP contribution in [0, 0.1) is 0 Å². The van der Waals surface area contributed by atoms with E-state index in [1.807, 2.05) is 42.5 Å². The van der Waals surface area contributed by atoms with Crippen LogP contribution in [0.15, 0.2) is 82.6 Å². The molecule has 0 atom stereocenters. The van der Waals surface area contributed by atoms with Crippen molar-refractivity contribution < 1.29 is 19.1 Å². The Balaban J connectivity index is 1.74. The van der Waals surface area contributed by atoms with Crippen molar-refractivity contribution in [2.45, 2.75) is 0 Å². The molecule has 7 nitrogen and oxygen atoms in total.